The molecule has 0 fully saturated rings. The highest BCUT2D eigenvalue weighted by molar-refractivity contribution is 5.81. The zero-order valence-electron chi connectivity index (χ0n) is 11.1. The largest absolute Gasteiger partial charge is 0.481 e. The SMILES string of the molecule is CCC(C)(CNC(=O)N(C)CC(=O)OC)C(=O)O. The van der Waals surface area contributed by atoms with Gasteiger partial charge in [0.25, 0.3) is 0 Å². The number of ether oxygens (including phenoxy) is 1. The molecule has 0 saturated heterocycles. The fraction of sp³-hybridized carbons (Fsp3) is 0.727. The molecule has 0 saturated carbocycles. The maximum absolute atomic E-state index is 11.6. The molecule has 2 N–H and O–H groups in total. The lowest BCUT2D eigenvalue weighted by Gasteiger charge is -2.25. The second-order valence-corrected chi connectivity index (χ2v) is 4.31. The molecule has 1 atom stereocenters. The molecule has 0 bridgehead atoms. The maximum Gasteiger partial charge on any atom is 0.325 e. The number of likely N-dealkylation sites (N-methyl/N-ethyl adjacent to an activating group) is 1. The summed E-state index contributed by atoms with van der Waals surface area (Å²) in [7, 11) is 2.66. The molecule has 0 aliphatic heterocycles. The van der Waals surface area contributed by atoms with Crippen molar-refractivity contribution in [2.24, 2.45) is 5.41 Å². The van der Waals surface area contributed by atoms with Crippen LogP contribution in [0.4, 0.5) is 4.79 Å². The number of urea groups is 1. The van der Waals surface area contributed by atoms with Gasteiger partial charge in [0.15, 0.2) is 0 Å². The number of carboxylic acid groups (broad SMARTS) is 1. The summed E-state index contributed by atoms with van der Waals surface area (Å²) in [6.45, 7) is 3.11. The van der Waals surface area contributed by atoms with Crippen LogP contribution in [0.3, 0.4) is 0 Å². The third-order valence-corrected chi connectivity index (χ3v) is 2.87. The number of esters is 1. The second-order valence-electron chi connectivity index (χ2n) is 4.31. The van der Waals surface area contributed by atoms with Crippen LogP contribution >= 0.6 is 0 Å². The van der Waals surface area contributed by atoms with Crippen molar-refractivity contribution in [1.29, 1.82) is 0 Å². The van der Waals surface area contributed by atoms with Gasteiger partial charge in [-0.15, -0.1) is 0 Å². The van der Waals surface area contributed by atoms with Crippen molar-refractivity contribution in [2.75, 3.05) is 27.2 Å². The molecule has 18 heavy (non-hydrogen) atoms. The van der Waals surface area contributed by atoms with Crippen LogP contribution in [0.15, 0.2) is 0 Å². The first-order valence-electron chi connectivity index (χ1n) is 5.56. The van der Waals surface area contributed by atoms with Gasteiger partial charge in [0, 0.05) is 13.6 Å². The van der Waals surface area contributed by atoms with Crippen LogP contribution in [0.25, 0.3) is 0 Å². The Balaban J connectivity index is 4.33. The van der Waals surface area contributed by atoms with E-state index in [0.29, 0.717) is 6.42 Å². The van der Waals surface area contributed by atoms with Crippen molar-refractivity contribution in [3.05, 3.63) is 0 Å². The number of methoxy groups -OCH3 is 1. The van der Waals surface area contributed by atoms with Gasteiger partial charge in [-0.3, -0.25) is 9.59 Å². The van der Waals surface area contributed by atoms with Crippen molar-refractivity contribution in [3.63, 3.8) is 0 Å². The van der Waals surface area contributed by atoms with E-state index in [2.05, 4.69) is 10.1 Å². The van der Waals surface area contributed by atoms with Crippen LogP contribution in [0.1, 0.15) is 20.3 Å². The highest BCUT2D eigenvalue weighted by Crippen LogP contribution is 2.19. The molecule has 0 heterocycles. The Morgan fingerprint density at radius 1 is 1.39 bits per heavy atom. The lowest BCUT2D eigenvalue weighted by atomic mass is 9.88. The van der Waals surface area contributed by atoms with Crippen molar-refractivity contribution in [3.8, 4) is 0 Å². The van der Waals surface area contributed by atoms with Crippen LogP contribution in [0.5, 0.6) is 0 Å². The zero-order valence-corrected chi connectivity index (χ0v) is 11.1. The summed E-state index contributed by atoms with van der Waals surface area (Å²) in [6.07, 6.45) is 0.392. The molecule has 0 spiro atoms. The fourth-order valence-electron chi connectivity index (χ4n) is 1.09. The minimum Gasteiger partial charge on any atom is -0.481 e. The van der Waals surface area contributed by atoms with Crippen molar-refractivity contribution in [2.45, 2.75) is 20.3 Å². The summed E-state index contributed by atoms with van der Waals surface area (Å²) in [4.78, 5) is 34.7. The molecule has 0 aromatic carbocycles. The van der Waals surface area contributed by atoms with Gasteiger partial charge in [-0.25, -0.2) is 4.79 Å². The molecular formula is C11H20N2O5. The number of amides is 2. The van der Waals surface area contributed by atoms with Crippen LogP contribution in [0.2, 0.25) is 0 Å². The number of rotatable bonds is 6. The summed E-state index contributed by atoms with van der Waals surface area (Å²) in [5, 5.41) is 11.5. The van der Waals surface area contributed by atoms with Gasteiger partial charge in [-0.1, -0.05) is 6.92 Å². The first-order valence-corrected chi connectivity index (χ1v) is 5.56. The highest BCUT2D eigenvalue weighted by atomic mass is 16.5. The average Bonchev–Trinajstić information content (AvgIpc) is 2.34. The standard InChI is InChI=1S/C11H20N2O5/c1-5-11(2,9(15)16)7-12-10(17)13(3)6-8(14)18-4/h5-7H2,1-4H3,(H,12,17)(H,15,16). The Hall–Kier alpha value is -1.79. The van der Waals surface area contributed by atoms with Crippen LogP contribution in [-0.2, 0) is 14.3 Å². The van der Waals surface area contributed by atoms with E-state index in [9.17, 15) is 14.4 Å². The monoisotopic (exact) mass is 260 g/mol. The highest BCUT2D eigenvalue weighted by Gasteiger charge is 2.31. The number of aliphatic carboxylic acids is 1. The van der Waals surface area contributed by atoms with E-state index >= 15 is 0 Å². The molecule has 0 radical (unpaired) electrons. The van der Waals surface area contributed by atoms with Crippen LogP contribution in [0, 0.1) is 5.41 Å². The van der Waals surface area contributed by atoms with Crippen LogP contribution in [-0.4, -0.2) is 55.2 Å². The quantitative estimate of drug-likeness (QED) is 0.670. The molecule has 0 rings (SSSR count). The van der Waals surface area contributed by atoms with Gasteiger partial charge in [0.1, 0.15) is 6.54 Å². The van der Waals surface area contributed by atoms with E-state index in [1.807, 2.05) is 0 Å². The second kappa shape index (κ2) is 6.83. The van der Waals surface area contributed by atoms with Crippen molar-refractivity contribution in [1.82, 2.24) is 10.2 Å². The Kier molecular flexibility index (Phi) is 6.15. The number of carboxylic acids is 1. The normalized spacial score (nSPS) is 13.3. The third kappa shape index (κ3) is 4.60. The number of carbonyl (C=O) groups is 3. The minimum absolute atomic E-state index is 0.00315. The number of nitrogens with zero attached hydrogens (tertiary/aromatic N) is 1. The molecule has 0 aromatic heterocycles. The predicted octanol–water partition coefficient (Wildman–Crippen LogP) is 0.302. The zero-order chi connectivity index (χ0) is 14.3. The van der Waals surface area contributed by atoms with Crippen molar-refractivity contribution < 1.29 is 24.2 Å². The molecule has 0 aromatic rings. The van der Waals surface area contributed by atoms with E-state index in [0.717, 1.165) is 4.90 Å². The van der Waals surface area contributed by atoms with E-state index in [4.69, 9.17) is 5.11 Å². The van der Waals surface area contributed by atoms with Crippen LogP contribution < -0.4 is 5.32 Å². The molecule has 7 nitrogen and oxygen atoms in total. The smallest absolute Gasteiger partial charge is 0.325 e. The Morgan fingerprint density at radius 2 is 1.94 bits per heavy atom. The van der Waals surface area contributed by atoms with E-state index < -0.39 is 23.4 Å². The van der Waals surface area contributed by atoms with Gasteiger partial charge in [0.2, 0.25) is 0 Å². The van der Waals surface area contributed by atoms with Crippen molar-refractivity contribution >= 4 is 18.0 Å². The maximum atomic E-state index is 11.6. The van der Waals surface area contributed by atoms with E-state index in [1.165, 1.54) is 14.2 Å². The Morgan fingerprint density at radius 3 is 2.33 bits per heavy atom. The summed E-state index contributed by atoms with van der Waals surface area (Å²) in [6, 6.07) is -0.513. The Bertz CT molecular complexity index is 331. The summed E-state index contributed by atoms with van der Waals surface area (Å²) >= 11 is 0. The van der Waals surface area contributed by atoms with Gasteiger partial charge >= 0.3 is 18.0 Å². The van der Waals surface area contributed by atoms with E-state index in [1.54, 1.807) is 13.8 Å². The molecule has 0 aliphatic rings. The van der Waals surface area contributed by atoms with Gasteiger partial charge in [0.05, 0.1) is 12.5 Å². The first-order chi connectivity index (χ1) is 8.26. The fourth-order valence-corrected chi connectivity index (χ4v) is 1.09. The lowest BCUT2D eigenvalue weighted by Crippen LogP contribution is -2.46. The summed E-state index contributed by atoms with van der Waals surface area (Å²) < 4.78 is 4.42. The minimum atomic E-state index is -1.01. The van der Waals surface area contributed by atoms with Gasteiger partial charge in [-0.05, 0) is 13.3 Å². The lowest BCUT2D eigenvalue weighted by molar-refractivity contribution is -0.148. The predicted molar refractivity (Wildman–Crippen MR) is 64.1 cm³/mol. The number of hydrogen-bond donors (Lipinski definition) is 2. The number of hydrogen-bond acceptors (Lipinski definition) is 4. The molecule has 7 heteroatoms. The summed E-state index contributed by atoms with van der Waals surface area (Å²) in [5.74, 6) is -1.51. The molecule has 1 unspecified atom stereocenters. The first kappa shape index (κ1) is 16.2. The average molecular weight is 260 g/mol. The summed E-state index contributed by atoms with van der Waals surface area (Å²) in [5.41, 5.74) is -1.01. The topological polar surface area (TPSA) is 95.9 Å². The Labute approximate surface area is 106 Å². The molecule has 104 valence electrons. The van der Waals surface area contributed by atoms with Gasteiger partial charge < -0.3 is 20.1 Å². The number of carbonyl (C=O) groups excluding carboxylic acids is 2. The number of nitrogens with one attached hydrogen (secondary N) is 1. The molecule has 0 aliphatic carbocycles. The third-order valence-electron chi connectivity index (χ3n) is 2.87. The van der Waals surface area contributed by atoms with E-state index in [-0.39, 0.29) is 13.1 Å². The molecule has 2 amide bonds. The van der Waals surface area contributed by atoms with Gasteiger partial charge in [-0.2, -0.15) is 0 Å². The molecular weight excluding hydrogens is 240 g/mol.